The molecule has 29 heavy (non-hydrogen) atoms. The molecule has 1 amide bonds. The maximum absolute atomic E-state index is 12.4. The summed E-state index contributed by atoms with van der Waals surface area (Å²) in [4.78, 5) is 13.5. The largest absolute Gasteiger partial charge is 0.323 e. The number of halogens is 2. The average Bonchev–Trinajstić information content (AvgIpc) is 3.11. The van der Waals surface area contributed by atoms with Gasteiger partial charge in [0.15, 0.2) is 0 Å². The van der Waals surface area contributed by atoms with Crippen LogP contribution in [-0.4, -0.2) is 52.9 Å². The van der Waals surface area contributed by atoms with E-state index >= 15 is 0 Å². The van der Waals surface area contributed by atoms with E-state index in [-0.39, 0.29) is 28.0 Å². The number of benzene rings is 2. The van der Waals surface area contributed by atoms with Gasteiger partial charge in [0.2, 0.25) is 21.8 Å². The highest BCUT2D eigenvalue weighted by molar-refractivity contribution is 7.89. The summed E-state index contributed by atoms with van der Waals surface area (Å²) in [6, 6.07) is 11.0. The SMILES string of the molecule is CN(C)S(=O)(=O)c1ccc(Cl)c(NC(=O)Cn2nnc(-c3ccccc3Cl)n2)c1. The van der Waals surface area contributed by atoms with Gasteiger partial charge < -0.3 is 5.32 Å². The predicted molar refractivity (Wildman–Crippen MR) is 109 cm³/mol. The smallest absolute Gasteiger partial charge is 0.248 e. The molecule has 0 atom stereocenters. The van der Waals surface area contributed by atoms with Gasteiger partial charge in [-0.25, -0.2) is 12.7 Å². The molecule has 0 bridgehead atoms. The van der Waals surface area contributed by atoms with Crippen molar-refractivity contribution in [2.24, 2.45) is 0 Å². The van der Waals surface area contributed by atoms with Gasteiger partial charge >= 0.3 is 0 Å². The van der Waals surface area contributed by atoms with E-state index in [1.54, 1.807) is 24.3 Å². The topological polar surface area (TPSA) is 110 Å². The third kappa shape index (κ3) is 4.73. The number of hydrogen-bond acceptors (Lipinski definition) is 6. The molecule has 0 radical (unpaired) electrons. The number of hydrogen-bond donors (Lipinski definition) is 1. The normalized spacial score (nSPS) is 11.6. The third-order valence-corrected chi connectivity index (χ3v) is 6.31. The van der Waals surface area contributed by atoms with Gasteiger partial charge in [-0.15, -0.1) is 10.2 Å². The standard InChI is InChI=1S/C17H16Cl2N6O3S/c1-24(2)29(27,28)11-7-8-14(19)15(9-11)20-16(26)10-25-22-17(21-23-25)12-5-3-4-6-13(12)18/h3-9H,10H2,1-2H3,(H,20,26). The molecule has 0 saturated heterocycles. The Bertz CT molecular complexity index is 1160. The van der Waals surface area contributed by atoms with E-state index in [0.29, 0.717) is 10.6 Å². The number of tetrazole rings is 1. The molecular weight excluding hydrogens is 439 g/mol. The van der Waals surface area contributed by atoms with Crippen LogP contribution in [0.5, 0.6) is 0 Å². The van der Waals surface area contributed by atoms with Gasteiger partial charge in [-0.2, -0.15) is 4.80 Å². The number of nitrogens with zero attached hydrogens (tertiary/aromatic N) is 5. The van der Waals surface area contributed by atoms with Crippen molar-refractivity contribution < 1.29 is 13.2 Å². The maximum Gasteiger partial charge on any atom is 0.248 e. The van der Waals surface area contributed by atoms with Crippen molar-refractivity contribution in [2.75, 3.05) is 19.4 Å². The Morgan fingerprint density at radius 3 is 2.55 bits per heavy atom. The molecule has 9 nitrogen and oxygen atoms in total. The van der Waals surface area contributed by atoms with E-state index in [0.717, 1.165) is 9.10 Å². The molecule has 1 N–H and O–H groups in total. The first-order chi connectivity index (χ1) is 13.7. The summed E-state index contributed by atoms with van der Waals surface area (Å²) in [6.45, 7) is -0.252. The second-order valence-electron chi connectivity index (χ2n) is 6.10. The zero-order chi connectivity index (χ0) is 21.2. The number of nitrogens with one attached hydrogen (secondary N) is 1. The fourth-order valence-corrected chi connectivity index (χ4v) is 3.66. The number of anilines is 1. The van der Waals surface area contributed by atoms with Crippen LogP contribution in [0, 0.1) is 0 Å². The lowest BCUT2D eigenvalue weighted by Gasteiger charge is -2.13. The van der Waals surface area contributed by atoms with Crippen molar-refractivity contribution in [1.29, 1.82) is 0 Å². The van der Waals surface area contributed by atoms with Gasteiger partial charge in [-0.05, 0) is 35.5 Å². The molecule has 152 valence electrons. The van der Waals surface area contributed by atoms with Crippen LogP contribution in [0.15, 0.2) is 47.4 Å². The Kier molecular flexibility index (Phi) is 6.18. The number of carbonyl (C=O) groups is 1. The van der Waals surface area contributed by atoms with Crippen molar-refractivity contribution in [3.05, 3.63) is 52.5 Å². The van der Waals surface area contributed by atoms with Gasteiger partial charge in [0.25, 0.3) is 0 Å². The highest BCUT2D eigenvalue weighted by Crippen LogP contribution is 2.27. The molecule has 0 aliphatic heterocycles. The summed E-state index contributed by atoms with van der Waals surface area (Å²) >= 11 is 12.2. The molecule has 0 unspecified atom stereocenters. The molecule has 1 aromatic heterocycles. The third-order valence-electron chi connectivity index (χ3n) is 3.84. The molecule has 1 heterocycles. The summed E-state index contributed by atoms with van der Waals surface area (Å²) in [6.07, 6.45) is 0. The quantitative estimate of drug-likeness (QED) is 0.612. The fraction of sp³-hybridized carbons (Fsp3) is 0.176. The molecule has 0 fully saturated rings. The molecule has 2 aromatic carbocycles. The summed E-state index contributed by atoms with van der Waals surface area (Å²) < 4.78 is 25.6. The number of amides is 1. The number of carbonyl (C=O) groups excluding carboxylic acids is 1. The molecular formula is C17H16Cl2N6O3S. The maximum atomic E-state index is 12.4. The lowest BCUT2D eigenvalue weighted by molar-refractivity contribution is -0.117. The van der Waals surface area contributed by atoms with E-state index < -0.39 is 15.9 Å². The minimum Gasteiger partial charge on any atom is -0.323 e. The number of aromatic nitrogens is 4. The van der Waals surface area contributed by atoms with Crippen LogP contribution in [0.2, 0.25) is 10.0 Å². The second-order valence-corrected chi connectivity index (χ2v) is 9.07. The van der Waals surface area contributed by atoms with E-state index in [9.17, 15) is 13.2 Å². The summed E-state index contributed by atoms with van der Waals surface area (Å²) in [5.74, 6) is -0.227. The molecule has 0 aliphatic carbocycles. The molecule has 0 aliphatic rings. The first-order valence-electron chi connectivity index (χ1n) is 8.23. The van der Waals surface area contributed by atoms with Gasteiger partial charge in [0.1, 0.15) is 6.54 Å². The van der Waals surface area contributed by atoms with E-state index in [4.69, 9.17) is 23.2 Å². The summed E-state index contributed by atoms with van der Waals surface area (Å²) in [5, 5.41) is 15.1. The van der Waals surface area contributed by atoms with Crippen LogP contribution in [-0.2, 0) is 21.4 Å². The van der Waals surface area contributed by atoms with E-state index in [1.807, 2.05) is 0 Å². The summed E-state index contributed by atoms with van der Waals surface area (Å²) in [7, 11) is -0.848. The van der Waals surface area contributed by atoms with Crippen molar-refractivity contribution in [1.82, 2.24) is 24.5 Å². The van der Waals surface area contributed by atoms with Gasteiger partial charge in [0, 0.05) is 19.7 Å². The Hall–Kier alpha value is -2.53. The van der Waals surface area contributed by atoms with Crippen LogP contribution in [0.1, 0.15) is 0 Å². The monoisotopic (exact) mass is 454 g/mol. The highest BCUT2D eigenvalue weighted by atomic mass is 35.5. The van der Waals surface area contributed by atoms with Gasteiger partial charge in [0.05, 0.1) is 20.6 Å². The van der Waals surface area contributed by atoms with Crippen LogP contribution in [0.4, 0.5) is 5.69 Å². The zero-order valence-electron chi connectivity index (χ0n) is 15.4. The average molecular weight is 455 g/mol. The zero-order valence-corrected chi connectivity index (χ0v) is 17.7. The lowest BCUT2D eigenvalue weighted by Crippen LogP contribution is -2.23. The minimum absolute atomic E-state index is 0.00193. The number of sulfonamides is 1. The van der Waals surface area contributed by atoms with Crippen molar-refractivity contribution >= 4 is 44.8 Å². The molecule has 3 aromatic rings. The Morgan fingerprint density at radius 2 is 1.86 bits per heavy atom. The van der Waals surface area contributed by atoms with E-state index in [2.05, 4.69) is 20.7 Å². The van der Waals surface area contributed by atoms with Gasteiger partial charge in [-0.3, -0.25) is 4.79 Å². The second kappa shape index (κ2) is 8.46. The summed E-state index contributed by atoms with van der Waals surface area (Å²) in [5.41, 5.74) is 0.747. The Balaban J connectivity index is 1.76. The minimum atomic E-state index is -3.67. The Morgan fingerprint density at radius 1 is 1.14 bits per heavy atom. The van der Waals surface area contributed by atoms with Crippen LogP contribution >= 0.6 is 23.2 Å². The molecule has 0 spiro atoms. The predicted octanol–water partition coefficient (Wildman–Crippen LogP) is 2.54. The highest BCUT2D eigenvalue weighted by Gasteiger charge is 2.19. The van der Waals surface area contributed by atoms with E-state index in [1.165, 1.54) is 32.3 Å². The first-order valence-corrected chi connectivity index (χ1v) is 10.4. The number of rotatable bonds is 6. The van der Waals surface area contributed by atoms with Crippen molar-refractivity contribution in [3.8, 4) is 11.4 Å². The van der Waals surface area contributed by atoms with Crippen LogP contribution < -0.4 is 5.32 Å². The lowest BCUT2D eigenvalue weighted by atomic mass is 10.2. The fourth-order valence-electron chi connectivity index (χ4n) is 2.35. The molecule has 12 heteroatoms. The Labute approximate surface area is 177 Å². The van der Waals surface area contributed by atoms with Crippen molar-refractivity contribution in [3.63, 3.8) is 0 Å². The molecule has 0 saturated carbocycles. The molecule has 3 rings (SSSR count). The van der Waals surface area contributed by atoms with Crippen LogP contribution in [0.3, 0.4) is 0 Å². The first kappa shape index (κ1) is 21.2. The van der Waals surface area contributed by atoms with Crippen molar-refractivity contribution in [2.45, 2.75) is 11.4 Å². The van der Waals surface area contributed by atoms with Gasteiger partial charge in [-0.1, -0.05) is 35.3 Å². The van der Waals surface area contributed by atoms with Crippen LogP contribution in [0.25, 0.3) is 11.4 Å².